The maximum atomic E-state index is 13.3. The van der Waals surface area contributed by atoms with Crippen LogP contribution < -0.4 is 5.32 Å². The van der Waals surface area contributed by atoms with Gasteiger partial charge in [-0.3, -0.25) is 4.79 Å². The summed E-state index contributed by atoms with van der Waals surface area (Å²) in [5, 5.41) is 2.20. The van der Waals surface area contributed by atoms with E-state index in [1.54, 1.807) is 0 Å². The number of allylic oxidation sites excluding steroid dienone is 1. The molecular formula is C12H19ClFNO2. The molecule has 0 heterocycles. The number of hydrogen-bond donors (Lipinski definition) is 1. The second kappa shape index (κ2) is 6.97. The summed E-state index contributed by atoms with van der Waals surface area (Å²) in [7, 11) is 0. The van der Waals surface area contributed by atoms with Crippen molar-refractivity contribution in [2.45, 2.75) is 50.3 Å². The van der Waals surface area contributed by atoms with Crippen LogP contribution in [-0.2, 0) is 9.53 Å². The Morgan fingerprint density at radius 3 is 2.88 bits per heavy atom. The summed E-state index contributed by atoms with van der Waals surface area (Å²) in [6.45, 7) is 5.51. The van der Waals surface area contributed by atoms with E-state index in [0.29, 0.717) is 25.0 Å². The SMILES string of the molecule is C=C(CC)NC(=O)COC1CCC(Cl)C(F)C1. The van der Waals surface area contributed by atoms with Crippen LogP contribution in [0.15, 0.2) is 12.3 Å². The fourth-order valence-corrected chi connectivity index (χ4v) is 1.94. The fraction of sp³-hybridized carbons (Fsp3) is 0.750. The molecule has 0 aromatic rings. The summed E-state index contributed by atoms with van der Waals surface area (Å²) in [6.07, 6.45) is 1.02. The van der Waals surface area contributed by atoms with E-state index in [9.17, 15) is 9.18 Å². The van der Waals surface area contributed by atoms with Gasteiger partial charge in [0.15, 0.2) is 0 Å². The van der Waals surface area contributed by atoms with Crippen molar-refractivity contribution in [1.29, 1.82) is 0 Å². The zero-order valence-electron chi connectivity index (χ0n) is 10.0. The molecule has 0 aromatic carbocycles. The van der Waals surface area contributed by atoms with Crippen molar-refractivity contribution in [1.82, 2.24) is 5.32 Å². The first-order valence-corrected chi connectivity index (χ1v) is 6.34. The highest BCUT2D eigenvalue weighted by Crippen LogP contribution is 2.27. The van der Waals surface area contributed by atoms with Crippen LogP contribution in [0.25, 0.3) is 0 Å². The molecule has 1 rings (SSSR count). The molecule has 1 saturated carbocycles. The van der Waals surface area contributed by atoms with Gasteiger partial charge in [-0.05, 0) is 19.3 Å². The van der Waals surface area contributed by atoms with Crippen molar-refractivity contribution >= 4 is 17.5 Å². The number of amides is 1. The zero-order chi connectivity index (χ0) is 12.8. The lowest BCUT2D eigenvalue weighted by atomic mass is 9.95. The Morgan fingerprint density at radius 2 is 2.29 bits per heavy atom. The molecule has 3 unspecified atom stereocenters. The van der Waals surface area contributed by atoms with Crippen LogP contribution in [0.5, 0.6) is 0 Å². The first-order chi connectivity index (χ1) is 8.02. The van der Waals surface area contributed by atoms with Crippen molar-refractivity contribution in [2.75, 3.05) is 6.61 Å². The average Bonchev–Trinajstić information content (AvgIpc) is 2.30. The Balaban J connectivity index is 2.22. The topological polar surface area (TPSA) is 38.3 Å². The van der Waals surface area contributed by atoms with Gasteiger partial charge in [-0.2, -0.15) is 0 Å². The standard InChI is InChI=1S/C12H19ClFNO2/c1-3-8(2)15-12(16)7-17-9-4-5-10(13)11(14)6-9/h9-11H,2-7H2,1H3,(H,15,16). The second-order valence-electron chi connectivity index (χ2n) is 4.28. The number of ether oxygens (including phenoxy) is 1. The van der Waals surface area contributed by atoms with E-state index < -0.39 is 11.5 Å². The molecule has 1 N–H and O–H groups in total. The van der Waals surface area contributed by atoms with E-state index in [4.69, 9.17) is 16.3 Å². The fourth-order valence-electron chi connectivity index (χ4n) is 1.71. The molecule has 0 radical (unpaired) electrons. The van der Waals surface area contributed by atoms with E-state index >= 15 is 0 Å². The third-order valence-corrected chi connectivity index (χ3v) is 3.33. The lowest BCUT2D eigenvalue weighted by Crippen LogP contribution is -2.34. The van der Waals surface area contributed by atoms with Crippen molar-refractivity contribution in [3.63, 3.8) is 0 Å². The highest BCUT2D eigenvalue weighted by Gasteiger charge is 2.29. The molecule has 0 bridgehead atoms. The van der Waals surface area contributed by atoms with E-state index in [1.165, 1.54) is 0 Å². The minimum Gasteiger partial charge on any atom is -0.368 e. The molecule has 0 saturated heterocycles. The minimum absolute atomic E-state index is 0.0522. The lowest BCUT2D eigenvalue weighted by Gasteiger charge is -2.28. The third kappa shape index (κ3) is 5.04. The largest absolute Gasteiger partial charge is 0.368 e. The van der Waals surface area contributed by atoms with Gasteiger partial charge in [0, 0.05) is 12.1 Å². The summed E-state index contributed by atoms with van der Waals surface area (Å²) in [6, 6.07) is 0. The predicted molar refractivity (Wildman–Crippen MR) is 65.7 cm³/mol. The van der Waals surface area contributed by atoms with Gasteiger partial charge in [0.2, 0.25) is 5.91 Å². The molecule has 0 aromatic heterocycles. The molecule has 0 aliphatic heterocycles. The molecule has 1 aliphatic carbocycles. The van der Waals surface area contributed by atoms with Gasteiger partial charge in [-0.15, -0.1) is 11.6 Å². The number of nitrogens with one attached hydrogen (secondary N) is 1. The summed E-state index contributed by atoms with van der Waals surface area (Å²) in [5.74, 6) is -0.236. The van der Waals surface area contributed by atoms with Gasteiger partial charge >= 0.3 is 0 Å². The lowest BCUT2D eigenvalue weighted by molar-refractivity contribution is -0.128. The quantitative estimate of drug-likeness (QED) is 0.774. The van der Waals surface area contributed by atoms with Crippen LogP contribution in [0.1, 0.15) is 32.6 Å². The first-order valence-electron chi connectivity index (χ1n) is 5.90. The van der Waals surface area contributed by atoms with Gasteiger partial charge in [0.25, 0.3) is 0 Å². The van der Waals surface area contributed by atoms with Gasteiger partial charge in [0.05, 0.1) is 11.5 Å². The number of hydrogen-bond acceptors (Lipinski definition) is 2. The minimum atomic E-state index is -1.04. The maximum absolute atomic E-state index is 13.3. The molecule has 5 heteroatoms. The Kier molecular flexibility index (Phi) is 5.92. The van der Waals surface area contributed by atoms with Crippen LogP contribution in [0.2, 0.25) is 0 Å². The Labute approximate surface area is 106 Å². The van der Waals surface area contributed by atoms with Gasteiger partial charge < -0.3 is 10.1 Å². The summed E-state index contributed by atoms with van der Waals surface area (Å²) in [4.78, 5) is 11.4. The molecular weight excluding hydrogens is 245 g/mol. The van der Waals surface area contributed by atoms with Gasteiger partial charge in [0.1, 0.15) is 12.8 Å². The van der Waals surface area contributed by atoms with E-state index in [1.807, 2.05) is 6.92 Å². The van der Waals surface area contributed by atoms with Crippen LogP contribution in [0.3, 0.4) is 0 Å². The highest BCUT2D eigenvalue weighted by molar-refractivity contribution is 6.21. The molecule has 98 valence electrons. The Morgan fingerprint density at radius 1 is 1.59 bits per heavy atom. The summed E-state index contributed by atoms with van der Waals surface area (Å²) < 4.78 is 18.6. The number of carbonyl (C=O) groups is 1. The highest BCUT2D eigenvalue weighted by atomic mass is 35.5. The van der Waals surface area contributed by atoms with Crippen molar-refractivity contribution in [3.05, 3.63) is 12.3 Å². The van der Waals surface area contributed by atoms with Crippen LogP contribution >= 0.6 is 11.6 Å². The molecule has 17 heavy (non-hydrogen) atoms. The smallest absolute Gasteiger partial charge is 0.250 e. The van der Waals surface area contributed by atoms with E-state index in [-0.39, 0.29) is 25.0 Å². The number of rotatable bonds is 5. The number of halogens is 2. The van der Waals surface area contributed by atoms with E-state index in [0.717, 1.165) is 0 Å². The molecule has 1 fully saturated rings. The van der Waals surface area contributed by atoms with Crippen molar-refractivity contribution in [2.24, 2.45) is 0 Å². The number of carbonyl (C=O) groups excluding carboxylic acids is 1. The monoisotopic (exact) mass is 263 g/mol. The predicted octanol–water partition coefficient (Wildman–Crippen LogP) is 2.54. The first kappa shape index (κ1) is 14.5. The third-order valence-electron chi connectivity index (χ3n) is 2.84. The van der Waals surface area contributed by atoms with Crippen LogP contribution in [0, 0.1) is 0 Å². The normalized spacial score (nSPS) is 28.8. The van der Waals surface area contributed by atoms with Crippen molar-refractivity contribution < 1.29 is 13.9 Å². The van der Waals surface area contributed by atoms with Crippen LogP contribution in [0.4, 0.5) is 4.39 Å². The summed E-state index contributed by atoms with van der Waals surface area (Å²) in [5.41, 5.74) is 0.659. The maximum Gasteiger partial charge on any atom is 0.250 e. The average molecular weight is 264 g/mol. The molecule has 3 nitrogen and oxygen atoms in total. The molecule has 3 atom stereocenters. The van der Waals surface area contributed by atoms with E-state index in [2.05, 4.69) is 11.9 Å². The van der Waals surface area contributed by atoms with Gasteiger partial charge in [-0.25, -0.2) is 4.39 Å². The Hall–Kier alpha value is -0.610. The molecule has 0 spiro atoms. The van der Waals surface area contributed by atoms with Crippen LogP contribution in [-0.4, -0.2) is 30.2 Å². The molecule has 1 aliphatic rings. The number of alkyl halides is 2. The van der Waals surface area contributed by atoms with Gasteiger partial charge in [-0.1, -0.05) is 13.5 Å². The molecule has 1 amide bonds. The Bertz CT molecular complexity index is 286. The second-order valence-corrected chi connectivity index (χ2v) is 4.84. The zero-order valence-corrected chi connectivity index (χ0v) is 10.8. The summed E-state index contributed by atoms with van der Waals surface area (Å²) >= 11 is 5.76. The van der Waals surface area contributed by atoms with Crippen molar-refractivity contribution in [3.8, 4) is 0 Å².